The van der Waals surface area contributed by atoms with Crippen LogP contribution in [0.15, 0.2) is 18.2 Å². The van der Waals surface area contributed by atoms with Crippen molar-refractivity contribution in [2.24, 2.45) is 0 Å². The highest BCUT2D eigenvalue weighted by atomic mass is 35.5. The first-order valence-corrected chi connectivity index (χ1v) is 6.12. The number of ether oxygens (including phenoxy) is 2. The highest BCUT2D eigenvalue weighted by Gasteiger charge is 2.42. The Morgan fingerprint density at radius 3 is 2.78 bits per heavy atom. The second-order valence-electron chi connectivity index (χ2n) is 3.98. The number of hydrogen-bond acceptors (Lipinski definition) is 4. The standard InChI is InChI=1S/C11H11Cl2NO4/c1-17-11-8(13)5-10(11)18-9-4-6(14(15)16)2-3-7(9)12/h2-4,8,10-11H,5H2,1H3. The molecule has 1 aromatic rings. The number of benzene rings is 1. The lowest BCUT2D eigenvalue weighted by atomic mass is 9.91. The molecule has 0 heterocycles. The van der Waals surface area contributed by atoms with E-state index in [-0.39, 0.29) is 29.0 Å². The molecule has 0 N–H and O–H groups in total. The van der Waals surface area contributed by atoms with Crippen LogP contribution in [0.4, 0.5) is 5.69 Å². The molecular weight excluding hydrogens is 281 g/mol. The maximum Gasteiger partial charge on any atom is 0.273 e. The van der Waals surface area contributed by atoms with Crippen LogP contribution in [-0.2, 0) is 4.74 Å². The average Bonchev–Trinajstić information content (AvgIpc) is 2.31. The Labute approximate surface area is 114 Å². The molecule has 98 valence electrons. The smallest absolute Gasteiger partial charge is 0.273 e. The summed E-state index contributed by atoms with van der Waals surface area (Å²) in [6.07, 6.45) is 0.179. The lowest BCUT2D eigenvalue weighted by Crippen LogP contribution is -2.52. The number of non-ortho nitro benzene ring substituents is 1. The first kappa shape index (κ1) is 13.4. The molecule has 18 heavy (non-hydrogen) atoms. The second kappa shape index (κ2) is 5.30. The van der Waals surface area contributed by atoms with Gasteiger partial charge in [0, 0.05) is 19.6 Å². The molecule has 1 saturated carbocycles. The quantitative estimate of drug-likeness (QED) is 0.486. The molecule has 2 rings (SSSR count). The van der Waals surface area contributed by atoms with Crippen molar-refractivity contribution in [2.75, 3.05) is 7.11 Å². The summed E-state index contributed by atoms with van der Waals surface area (Å²) in [4.78, 5) is 10.2. The van der Waals surface area contributed by atoms with Gasteiger partial charge in [-0.05, 0) is 6.07 Å². The summed E-state index contributed by atoms with van der Waals surface area (Å²) >= 11 is 11.9. The normalized spacial score (nSPS) is 26.5. The van der Waals surface area contributed by atoms with Gasteiger partial charge in [-0.2, -0.15) is 0 Å². The molecule has 5 nitrogen and oxygen atoms in total. The Kier molecular flexibility index (Phi) is 3.94. The fraction of sp³-hybridized carbons (Fsp3) is 0.455. The number of rotatable bonds is 4. The van der Waals surface area contributed by atoms with Gasteiger partial charge in [0.05, 0.1) is 21.4 Å². The average molecular weight is 292 g/mol. The first-order valence-electron chi connectivity index (χ1n) is 5.30. The van der Waals surface area contributed by atoms with Crippen molar-refractivity contribution in [3.63, 3.8) is 0 Å². The Morgan fingerprint density at radius 2 is 2.22 bits per heavy atom. The molecule has 0 amide bonds. The van der Waals surface area contributed by atoms with Gasteiger partial charge in [-0.15, -0.1) is 11.6 Å². The van der Waals surface area contributed by atoms with E-state index in [0.717, 1.165) is 0 Å². The Hall–Kier alpha value is -1.04. The summed E-state index contributed by atoms with van der Waals surface area (Å²) in [7, 11) is 1.55. The van der Waals surface area contributed by atoms with Crippen LogP contribution in [-0.4, -0.2) is 29.6 Å². The van der Waals surface area contributed by atoms with Crippen molar-refractivity contribution in [3.05, 3.63) is 33.3 Å². The largest absolute Gasteiger partial charge is 0.486 e. The number of nitro benzene ring substituents is 1. The zero-order chi connectivity index (χ0) is 13.3. The fourth-order valence-corrected chi connectivity index (χ4v) is 2.40. The maximum atomic E-state index is 10.7. The van der Waals surface area contributed by atoms with Crippen LogP contribution in [0, 0.1) is 10.1 Å². The number of halogens is 2. The van der Waals surface area contributed by atoms with Gasteiger partial charge in [0.2, 0.25) is 0 Å². The van der Waals surface area contributed by atoms with Gasteiger partial charge in [0.15, 0.2) is 0 Å². The van der Waals surface area contributed by atoms with Crippen molar-refractivity contribution in [1.82, 2.24) is 0 Å². The van der Waals surface area contributed by atoms with Crippen LogP contribution >= 0.6 is 23.2 Å². The lowest BCUT2D eigenvalue weighted by molar-refractivity contribution is -0.385. The minimum absolute atomic E-state index is 0.0647. The summed E-state index contributed by atoms with van der Waals surface area (Å²) in [6, 6.07) is 4.07. The van der Waals surface area contributed by atoms with Gasteiger partial charge in [-0.1, -0.05) is 11.6 Å². The molecule has 0 aromatic heterocycles. The van der Waals surface area contributed by atoms with Gasteiger partial charge in [0.1, 0.15) is 18.0 Å². The topological polar surface area (TPSA) is 61.6 Å². The highest BCUT2D eigenvalue weighted by Crippen LogP contribution is 2.36. The lowest BCUT2D eigenvalue weighted by Gasteiger charge is -2.39. The number of nitro groups is 1. The van der Waals surface area contributed by atoms with Gasteiger partial charge in [-0.25, -0.2) is 0 Å². The van der Waals surface area contributed by atoms with Crippen LogP contribution < -0.4 is 4.74 Å². The fourth-order valence-electron chi connectivity index (χ4n) is 1.80. The number of nitrogens with zero attached hydrogens (tertiary/aromatic N) is 1. The molecule has 3 unspecified atom stereocenters. The Balaban J connectivity index is 2.14. The van der Waals surface area contributed by atoms with E-state index in [1.54, 1.807) is 7.11 Å². The molecule has 0 radical (unpaired) electrons. The SMILES string of the molecule is COC1C(Cl)CC1Oc1cc([N+](=O)[O-])ccc1Cl. The Bertz CT molecular complexity index is 468. The van der Waals surface area contributed by atoms with E-state index in [4.69, 9.17) is 32.7 Å². The van der Waals surface area contributed by atoms with E-state index in [0.29, 0.717) is 11.4 Å². The van der Waals surface area contributed by atoms with E-state index in [1.165, 1.54) is 18.2 Å². The molecule has 1 aliphatic rings. The molecule has 7 heteroatoms. The predicted octanol–water partition coefficient (Wildman–Crippen LogP) is 3.02. The van der Waals surface area contributed by atoms with Crippen molar-refractivity contribution < 1.29 is 14.4 Å². The van der Waals surface area contributed by atoms with E-state index in [2.05, 4.69) is 0 Å². The van der Waals surface area contributed by atoms with E-state index >= 15 is 0 Å². The van der Waals surface area contributed by atoms with Crippen LogP contribution in [0.3, 0.4) is 0 Å². The molecular formula is C11H11Cl2NO4. The molecule has 1 fully saturated rings. The van der Waals surface area contributed by atoms with Gasteiger partial charge < -0.3 is 9.47 Å². The molecule has 0 spiro atoms. The summed E-state index contributed by atoms with van der Waals surface area (Å²) in [5.74, 6) is 0.279. The van der Waals surface area contributed by atoms with E-state index < -0.39 is 4.92 Å². The zero-order valence-electron chi connectivity index (χ0n) is 9.51. The maximum absolute atomic E-state index is 10.7. The third-order valence-electron chi connectivity index (χ3n) is 2.86. The van der Waals surface area contributed by atoms with E-state index in [1.807, 2.05) is 0 Å². The van der Waals surface area contributed by atoms with Crippen molar-refractivity contribution in [3.8, 4) is 5.75 Å². The zero-order valence-corrected chi connectivity index (χ0v) is 11.0. The highest BCUT2D eigenvalue weighted by molar-refractivity contribution is 6.32. The molecule has 0 bridgehead atoms. The summed E-state index contributed by atoms with van der Waals surface area (Å²) in [5.41, 5.74) is -0.0647. The van der Waals surface area contributed by atoms with Crippen molar-refractivity contribution in [1.29, 1.82) is 0 Å². The molecule has 0 saturated heterocycles. The second-order valence-corrected chi connectivity index (χ2v) is 4.95. The minimum Gasteiger partial charge on any atom is -0.486 e. The van der Waals surface area contributed by atoms with Crippen molar-refractivity contribution >= 4 is 28.9 Å². The summed E-state index contributed by atoms with van der Waals surface area (Å²) in [6.45, 7) is 0. The molecule has 1 aliphatic carbocycles. The van der Waals surface area contributed by atoms with Crippen LogP contribution in [0.25, 0.3) is 0 Å². The Morgan fingerprint density at radius 1 is 1.50 bits per heavy atom. The monoisotopic (exact) mass is 291 g/mol. The van der Waals surface area contributed by atoms with Crippen LogP contribution in [0.1, 0.15) is 6.42 Å². The molecule has 3 atom stereocenters. The van der Waals surface area contributed by atoms with Crippen molar-refractivity contribution in [2.45, 2.75) is 24.0 Å². The van der Waals surface area contributed by atoms with Gasteiger partial charge in [-0.3, -0.25) is 10.1 Å². The summed E-state index contributed by atoms with van der Waals surface area (Å²) in [5, 5.41) is 10.9. The number of alkyl halides is 1. The van der Waals surface area contributed by atoms with Gasteiger partial charge in [0.25, 0.3) is 5.69 Å². The van der Waals surface area contributed by atoms with Crippen LogP contribution in [0.5, 0.6) is 5.75 Å². The first-order chi connectivity index (χ1) is 8.52. The molecule has 1 aromatic carbocycles. The third kappa shape index (κ3) is 2.53. The number of hydrogen-bond donors (Lipinski definition) is 0. The number of methoxy groups -OCH3 is 1. The molecule has 0 aliphatic heterocycles. The third-order valence-corrected chi connectivity index (χ3v) is 3.60. The summed E-state index contributed by atoms with van der Waals surface area (Å²) < 4.78 is 10.8. The van der Waals surface area contributed by atoms with E-state index in [9.17, 15) is 10.1 Å². The van der Waals surface area contributed by atoms with Gasteiger partial charge >= 0.3 is 0 Å². The van der Waals surface area contributed by atoms with Crippen LogP contribution in [0.2, 0.25) is 5.02 Å². The minimum atomic E-state index is -0.498. The predicted molar refractivity (Wildman–Crippen MR) is 67.6 cm³/mol.